The highest BCUT2D eigenvalue weighted by atomic mass is 19.4. The van der Waals surface area contributed by atoms with Gasteiger partial charge in [0.15, 0.2) is 0 Å². The third-order valence-electron chi connectivity index (χ3n) is 6.42. The van der Waals surface area contributed by atoms with Crippen LogP contribution in [0.2, 0.25) is 0 Å². The van der Waals surface area contributed by atoms with Gasteiger partial charge in [0, 0.05) is 24.4 Å². The number of benzene rings is 1. The van der Waals surface area contributed by atoms with Gasteiger partial charge in [-0.1, -0.05) is 18.2 Å². The highest BCUT2D eigenvalue weighted by Gasteiger charge is 2.45. The number of nitrogens with zero attached hydrogens (tertiary/aromatic N) is 2. The van der Waals surface area contributed by atoms with Gasteiger partial charge in [-0.05, 0) is 82.4 Å². The van der Waals surface area contributed by atoms with E-state index in [0.29, 0.717) is 25.9 Å². The molecule has 0 unspecified atom stereocenters. The van der Waals surface area contributed by atoms with Crippen LogP contribution in [0.4, 0.5) is 13.2 Å². The average molecular weight is 449 g/mol. The third-order valence-corrected chi connectivity index (χ3v) is 6.42. The molecule has 0 bridgehead atoms. The maximum Gasteiger partial charge on any atom is 0.416 e. The first kappa shape index (κ1) is 24.2. The Morgan fingerprint density at radius 3 is 2.53 bits per heavy atom. The zero-order valence-corrected chi connectivity index (χ0v) is 18.9. The van der Waals surface area contributed by atoms with E-state index in [-0.39, 0.29) is 24.6 Å². The van der Waals surface area contributed by atoms with Crippen LogP contribution in [0.5, 0.6) is 0 Å². The van der Waals surface area contributed by atoms with E-state index in [1.165, 1.54) is 12.1 Å². The summed E-state index contributed by atoms with van der Waals surface area (Å²) in [5.41, 5.74) is 0.697. The van der Waals surface area contributed by atoms with E-state index in [0.717, 1.165) is 23.7 Å². The molecule has 0 radical (unpaired) electrons. The van der Waals surface area contributed by atoms with E-state index in [1.807, 2.05) is 13.0 Å². The van der Waals surface area contributed by atoms with E-state index < -0.39 is 23.1 Å². The Kier molecular flexibility index (Phi) is 7.59. The van der Waals surface area contributed by atoms with E-state index in [9.17, 15) is 18.0 Å². The molecule has 2 aromatic rings. The van der Waals surface area contributed by atoms with Gasteiger partial charge in [0.25, 0.3) is 0 Å². The van der Waals surface area contributed by atoms with Crippen LogP contribution in [-0.2, 0) is 28.5 Å². The minimum absolute atomic E-state index is 0.0309. The number of alkyl halides is 3. The molecule has 0 spiro atoms. The van der Waals surface area contributed by atoms with Crippen LogP contribution in [0.15, 0.2) is 42.6 Å². The number of likely N-dealkylation sites (tertiary alicyclic amines) is 1. The molecule has 4 nitrogen and oxygen atoms in total. The largest absolute Gasteiger partial charge is 0.466 e. The quantitative estimate of drug-likeness (QED) is 0.544. The number of carbonyl (C=O) groups excluding carboxylic acids is 1. The predicted octanol–water partition coefficient (Wildman–Crippen LogP) is 5.23. The summed E-state index contributed by atoms with van der Waals surface area (Å²) in [6, 6.07) is 9.77. The van der Waals surface area contributed by atoms with Crippen molar-refractivity contribution >= 4 is 5.97 Å². The summed E-state index contributed by atoms with van der Waals surface area (Å²) >= 11 is 0. The maximum atomic E-state index is 13.5. The molecule has 0 N–H and O–H groups in total. The Balaban J connectivity index is 1.76. The highest BCUT2D eigenvalue weighted by molar-refractivity contribution is 5.77. The molecule has 7 heteroatoms. The first-order chi connectivity index (χ1) is 15.1. The fourth-order valence-corrected chi connectivity index (χ4v) is 4.59. The Hall–Kier alpha value is -2.41. The zero-order valence-electron chi connectivity index (χ0n) is 18.9. The third kappa shape index (κ3) is 5.68. The molecule has 1 fully saturated rings. The van der Waals surface area contributed by atoms with Crippen molar-refractivity contribution in [2.24, 2.45) is 5.41 Å². The fraction of sp³-hybridized carbons (Fsp3) is 0.520. The minimum atomic E-state index is -4.46. The molecule has 32 heavy (non-hydrogen) atoms. The Labute approximate surface area is 187 Å². The lowest BCUT2D eigenvalue weighted by atomic mass is 9.72. The Morgan fingerprint density at radius 2 is 1.91 bits per heavy atom. The maximum absolute atomic E-state index is 13.5. The van der Waals surface area contributed by atoms with E-state index in [1.54, 1.807) is 19.2 Å². The summed E-state index contributed by atoms with van der Waals surface area (Å²) in [7, 11) is 0. The fourth-order valence-electron chi connectivity index (χ4n) is 4.59. The number of aromatic nitrogens is 1. The summed E-state index contributed by atoms with van der Waals surface area (Å²) in [5, 5.41) is 0. The predicted molar refractivity (Wildman–Crippen MR) is 117 cm³/mol. The Bertz CT molecular complexity index is 921. The molecule has 1 aromatic carbocycles. The number of esters is 1. The molecule has 1 aliphatic rings. The molecule has 3 rings (SSSR count). The van der Waals surface area contributed by atoms with Crippen molar-refractivity contribution in [3.63, 3.8) is 0 Å². The lowest BCUT2D eigenvalue weighted by Gasteiger charge is -2.42. The number of hydrogen-bond donors (Lipinski definition) is 0. The summed E-state index contributed by atoms with van der Waals surface area (Å²) in [5.74, 6) is -0.398. The van der Waals surface area contributed by atoms with Crippen molar-refractivity contribution < 1.29 is 22.7 Å². The number of piperidine rings is 1. The molecule has 0 saturated carbocycles. The first-order valence-corrected chi connectivity index (χ1v) is 11.1. The van der Waals surface area contributed by atoms with Gasteiger partial charge in [-0.15, -0.1) is 0 Å². The number of pyridine rings is 1. The summed E-state index contributed by atoms with van der Waals surface area (Å²) in [4.78, 5) is 19.7. The van der Waals surface area contributed by atoms with Crippen molar-refractivity contribution in [3.8, 4) is 0 Å². The number of ether oxygens (including phenoxy) is 1. The second-order valence-corrected chi connectivity index (χ2v) is 8.75. The summed E-state index contributed by atoms with van der Waals surface area (Å²) < 4.78 is 46.0. The van der Waals surface area contributed by atoms with Crippen LogP contribution >= 0.6 is 0 Å². The second-order valence-electron chi connectivity index (χ2n) is 8.75. The first-order valence-electron chi connectivity index (χ1n) is 11.1. The van der Waals surface area contributed by atoms with Gasteiger partial charge in [0.1, 0.15) is 0 Å². The van der Waals surface area contributed by atoms with Gasteiger partial charge < -0.3 is 9.64 Å². The van der Waals surface area contributed by atoms with Crippen LogP contribution in [0.25, 0.3) is 0 Å². The number of aryl methyl sites for hydroxylation is 1. The molecule has 1 aliphatic heterocycles. The number of rotatable bonds is 7. The van der Waals surface area contributed by atoms with Crippen molar-refractivity contribution in [1.29, 1.82) is 0 Å². The number of carbonyl (C=O) groups is 1. The molecular weight excluding hydrogens is 417 g/mol. The van der Waals surface area contributed by atoms with Crippen LogP contribution in [0.3, 0.4) is 0 Å². The minimum Gasteiger partial charge on any atom is -0.466 e. The molecule has 0 aliphatic carbocycles. The van der Waals surface area contributed by atoms with Crippen molar-refractivity contribution in [3.05, 3.63) is 65.0 Å². The van der Waals surface area contributed by atoms with Gasteiger partial charge >= 0.3 is 12.1 Å². The molecule has 174 valence electrons. The molecular formula is C25H31F3N2O2. The van der Waals surface area contributed by atoms with Crippen LogP contribution in [0, 0.1) is 12.3 Å². The van der Waals surface area contributed by atoms with Gasteiger partial charge in [-0.3, -0.25) is 9.78 Å². The van der Waals surface area contributed by atoms with E-state index in [2.05, 4.69) is 22.9 Å². The molecule has 2 heterocycles. The van der Waals surface area contributed by atoms with E-state index in [4.69, 9.17) is 4.74 Å². The van der Waals surface area contributed by atoms with Gasteiger partial charge in [-0.2, -0.15) is 13.2 Å². The SMILES string of the molecule is CCOC(=O)C1(Cc2ccccc2C(F)(F)F)CCN([C@@H](C)Cc2cc(C)ccn2)CC1. The standard InChI is InChI=1S/C25H31F3N2O2/c1-4-32-23(31)24(17-20-7-5-6-8-22(20)25(26,27)28)10-13-30(14-11-24)19(3)16-21-15-18(2)9-12-29-21/h5-9,12,15,19H,4,10-11,13-14,16-17H2,1-3H3/t19-/m0/s1. The smallest absolute Gasteiger partial charge is 0.416 e. The number of hydrogen-bond acceptors (Lipinski definition) is 4. The topological polar surface area (TPSA) is 42.4 Å². The lowest BCUT2D eigenvalue weighted by Crippen LogP contribution is -2.49. The van der Waals surface area contributed by atoms with Crippen molar-refractivity contribution in [2.45, 2.75) is 58.7 Å². The lowest BCUT2D eigenvalue weighted by molar-refractivity contribution is -0.159. The monoisotopic (exact) mass is 448 g/mol. The van der Waals surface area contributed by atoms with Gasteiger partial charge in [0.05, 0.1) is 17.6 Å². The van der Waals surface area contributed by atoms with E-state index >= 15 is 0 Å². The summed E-state index contributed by atoms with van der Waals surface area (Å²) in [6.07, 6.45) is -0.915. The normalized spacial score (nSPS) is 17.7. The van der Waals surface area contributed by atoms with Crippen molar-refractivity contribution in [1.82, 2.24) is 9.88 Å². The molecule has 1 atom stereocenters. The summed E-state index contributed by atoms with van der Waals surface area (Å²) in [6.45, 7) is 7.34. The number of halogens is 3. The average Bonchev–Trinajstić information content (AvgIpc) is 2.74. The van der Waals surface area contributed by atoms with Crippen LogP contribution in [-0.4, -0.2) is 41.6 Å². The molecule has 0 amide bonds. The molecule has 1 aromatic heterocycles. The molecule has 1 saturated heterocycles. The van der Waals surface area contributed by atoms with Gasteiger partial charge in [-0.25, -0.2) is 0 Å². The van der Waals surface area contributed by atoms with Gasteiger partial charge in [0.2, 0.25) is 0 Å². The van der Waals surface area contributed by atoms with Crippen molar-refractivity contribution in [2.75, 3.05) is 19.7 Å². The highest BCUT2D eigenvalue weighted by Crippen LogP contribution is 2.41. The zero-order chi connectivity index (χ0) is 23.4. The van der Waals surface area contributed by atoms with Crippen LogP contribution in [0.1, 0.15) is 49.1 Å². The second kappa shape index (κ2) is 10.0. The Morgan fingerprint density at radius 1 is 1.22 bits per heavy atom. The van der Waals surface area contributed by atoms with Crippen LogP contribution < -0.4 is 0 Å².